The van der Waals surface area contributed by atoms with Gasteiger partial charge in [-0.05, 0) is 6.42 Å². The standard InChI is InChI=1S/C5H13N2O6PS/c1-15(13,7-14(10,11)12)3-2-4(6)5(8)9/h4H,2-3,6H2,1H3,(H,8,9)(H2,10,11,12). The van der Waals surface area contributed by atoms with Crippen molar-refractivity contribution in [2.45, 2.75) is 12.5 Å². The summed E-state index contributed by atoms with van der Waals surface area (Å²) in [5, 5.41) is 8.41. The summed E-state index contributed by atoms with van der Waals surface area (Å²) in [6, 6.07) is -1.21. The normalized spacial score (nSPS) is 17.9. The average molecular weight is 260 g/mol. The molecule has 0 aromatic heterocycles. The molecule has 2 atom stereocenters. The van der Waals surface area contributed by atoms with Crippen molar-refractivity contribution in [1.82, 2.24) is 0 Å². The van der Waals surface area contributed by atoms with Crippen LogP contribution in [0.2, 0.25) is 0 Å². The molecule has 90 valence electrons. The minimum absolute atomic E-state index is 0.159. The predicted octanol–water partition coefficient (Wildman–Crippen LogP) is -1.02. The fraction of sp³-hybridized carbons (Fsp3) is 0.800. The second-order valence-electron chi connectivity index (χ2n) is 2.99. The Morgan fingerprint density at radius 2 is 2.07 bits per heavy atom. The molecule has 0 radical (unpaired) electrons. The zero-order valence-corrected chi connectivity index (χ0v) is 9.65. The molecule has 0 spiro atoms. The smallest absolute Gasteiger partial charge is 0.456 e. The lowest BCUT2D eigenvalue weighted by Crippen LogP contribution is -2.32. The topological polar surface area (TPSA) is 150 Å². The van der Waals surface area contributed by atoms with Gasteiger partial charge in [0.15, 0.2) is 0 Å². The number of rotatable bonds is 5. The van der Waals surface area contributed by atoms with Crippen molar-refractivity contribution in [3.63, 3.8) is 0 Å². The van der Waals surface area contributed by atoms with Gasteiger partial charge in [0, 0.05) is 12.0 Å². The third-order valence-corrected chi connectivity index (χ3v) is 4.63. The molecule has 0 rings (SSSR count). The summed E-state index contributed by atoms with van der Waals surface area (Å²) in [7, 11) is -7.81. The SMILES string of the molecule is CS(=O)(CCC(N)C(=O)O)=NP(=O)(O)O. The summed E-state index contributed by atoms with van der Waals surface area (Å²) in [5.41, 5.74) is 5.13. The van der Waals surface area contributed by atoms with Crippen molar-refractivity contribution in [1.29, 1.82) is 0 Å². The lowest BCUT2D eigenvalue weighted by molar-refractivity contribution is -0.138. The fourth-order valence-corrected chi connectivity index (χ4v) is 3.55. The van der Waals surface area contributed by atoms with E-state index in [1.165, 1.54) is 0 Å². The Hall–Kier alpha value is -0.470. The Morgan fingerprint density at radius 1 is 1.60 bits per heavy atom. The van der Waals surface area contributed by atoms with Gasteiger partial charge in [-0.25, -0.2) is 8.77 Å². The lowest BCUT2D eigenvalue weighted by Gasteiger charge is -2.07. The van der Waals surface area contributed by atoms with Gasteiger partial charge in [-0.15, -0.1) is 4.13 Å². The van der Waals surface area contributed by atoms with E-state index in [-0.39, 0.29) is 12.2 Å². The van der Waals surface area contributed by atoms with Crippen LogP contribution < -0.4 is 5.73 Å². The molecule has 0 aromatic carbocycles. The molecular formula is C5H13N2O6PS. The van der Waals surface area contributed by atoms with Crippen LogP contribution in [0.5, 0.6) is 0 Å². The summed E-state index contributed by atoms with van der Waals surface area (Å²) in [6.07, 6.45) is 0.884. The molecule has 0 amide bonds. The molecule has 0 saturated heterocycles. The molecule has 10 heteroatoms. The Morgan fingerprint density at radius 3 is 2.40 bits per heavy atom. The lowest BCUT2D eigenvalue weighted by atomic mass is 10.2. The second-order valence-corrected chi connectivity index (χ2v) is 7.00. The maximum absolute atomic E-state index is 11.4. The minimum atomic E-state index is -4.71. The van der Waals surface area contributed by atoms with Crippen LogP contribution in [-0.4, -0.2) is 43.1 Å². The van der Waals surface area contributed by atoms with Gasteiger partial charge in [-0.2, -0.15) is 0 Å². The summed E-state index contributed by atoms with van der Waals surface area (Å²) in [6.45, 7) is 0. The second kappa shape index (κ2) is 5.04. The number of carboxylic acid groups (broad SMARTS) is 1. The molecule has 0 fully saturated rings. The molecule has 0 aliphatic rings. The van der Waals surface area contributed by atoms with Crippen molar-refractivity contribution in [2.24, 2.45) is 9.87 Å². The minimum Gasteiger partial charge on any atom is -0.480 e. The Kier molecular flexibility index (Phi) is 4.88. The quantitative estimate of drug-likeness (QED) is 0.462. The highest BCUT2D eigenvalue weighted by Crippen LogP contribution is 2.37. The maximum atomic E-state index is 11.4. The van der Waals surface area contributed by atoms with E-state index in [4.69, 9.17) is 20.6 Å². The number of nitrogens with two attached hydrogens (primary N) is 1. The first-order chi connectivity index (χ1) is 6.53. The number of aliphatic carboxylic acids is 1. The van der Waals surface area contributed by atoms with Crippen molar-refractivity contribution < 1.29 is 28.5 Å². The van der Waals surface area contributed by atoms with Gasteiger partial charge >= 0.3 is 13.7 Å². The van der Waals surface area contributed by atoms with Crippen molar-refractivity contribution in [3.8, 4) is 0 Å². The Balaban J connectivity index is 4.55. The largest absolute Gasteiger partial charge is 0.480 e. The Labute approximate surface area is 86.9 Å². The first-order valence-corrected chi connectivity index (χ1v) is 7.44. The highest BCUT2D eigenvalue weighted by Gasteiger charge is 2.18. The van der Waals surface area contributed by atoms with E-state index >= 15 is 0 Å². The average Bonchev–Trinajstić information content (AvgIpc) is 1.95. The van der Waals surface area contributed by atoms with Gasteiger partial charge in [-0.1, -0.05) is 0 Å². The van der Waals surface area contributed by atoms with Gasteiger partial charge in [0.05, 0.1) is 9.73 Å². The van der Waals surface area contributed by atoms with Crippen molar-refractivity contribution >= 4 is 23.4 Å². The molecule has 15 heavy (non-hydrogen) atoms. The third-order valence-electron chi connectivity index (χ3n) is 1.40. The maximum Gasteiger partial charge on any atom is 0.456 e. The third kappa shape index (κ3) is 7.46. The van der Waals surface area contributed by atoms with Crippen LogP contribution in [0.15, 0.2) is 4.13 Å². The number of carbonyl (C=O) groups is 1. The number of hydrogen-bond donors (Lipinski definition) is 4. The predicted molar refractivity (Wildman–Crippen MR) is 53.6 cm³/mol. The van der Waals surface area contributed by atoms with Gasteiger partial charge in [0.1, 0.15) is 6.04 Å². The molecule has 0 bridgehead atoms. The molecule has 0 saturated carbocycles. The zero-order valence-electron chi connectivity index (χ0n) is 7.94. The van der Waals surface area contributed by atoms with E-state index < -0.39 is 29.5 Å². The Bertz CT molecular complexity index is 394. The first kappa shape index (κ1) is 14.5. The van der Waals surface area contributed by atoms with E-state index in [0.29, 0.717) is 0 Å². The molecule has 0 aromatic rings. The van der Waals surface area contributed by atoms with Gasteiger partial charge in [0.2, 0.25) is 0 Å². The van der Waals surface area contributed by atoms with E-state index in [0.717, 1.165) is 6.26 Å². The van der Waals surface area contributed by atoms with Crippen molar-refractivity contribution in [3.05, 3.63) is 0 Å². The van der Waals surface area contributed by atoms with Crippen LogP contribution in [0.3, 0.4) is 0 Å². The molecule has 0 aliphatic carbocycles. The van der Waals surface area contributed by atoms with Crippen LogP contribution in [0.1, 0.15) is 6.42 Å². The number of carboxylic acids is 1. The van der Waals surface area contributed by atoms with Gasteiger partial charge in [0.25, 0.3) is 0 Å². The highest BCUT2D eigenvalue weighted by atomic mass is 32.2. The number of hydrogen-bond acceptors (Lipinski definition) is 4. The summed E-state index contributed by atoms with van der Waals surface area (Å²) in [5.74, 6) is -1.53. The van der Waals surface area contributed by atoms with Gasteiger partial charge in [-0.3, -0.25) is 4.79 Å². The van der Waals surface area contributed by atoms with E-state index in [1.807, 2.05) is 0 Å². The van der Waals surface area contributed by atoms with Crippen LogP contribution in [0.4, 0.5) is 0 Å². The molecule has 5 N–H and O–H groups in total. The summed E-state index contributed by atoms with van der Waals surface area (Å²) in [4.78, 5) is 27.2. The van der Waals surface area contributed by atoms with Crippen LogP contribution in [-0.2, 0) is 19.1 Å². The monoisotopic (exact) mass is 260 g/mol. The fourth-order valence-electron chi connectivity index (χ4n) is 0.735. The number of nitrogens with zero attached hydrogens (tertiary/aromatic N) is 1. The summed E-state index contributed by atoms with van der Waals surface area (Å²) >= 11 is 0. The van der Waals surface area contributed by atoms with Gasteiger partial charge < -0.3 is 20.6 Å². The summed E-state index contributed by atoms with van der Waals surface area (Å²) < 4.78 is 24.7. The van der Waals surface area contributed by atoms with Crippen LogP contribution >= 0.6 is 7.75 Å². The van der Waals surface area contributed by atoms with Crippen LogP contribution in [0, 0.1) is 0 Å². The van der Waals surface area contributed by atoms with E-state index in [9.17, 15) is 13.6 Å². The molecule has 2 unspecified atom stereocenters. The first-order valence-electron chi connectivity index (χ1n) is 3.79. The zero-order chi connectivity index (χ0) is 12.3. The van der Waals surface area contributed by atoms with Crippen LogP contribution in [0.25, 0.3) is 0 Å². The van der Waals surface area contributed by atoms with E-state index in [2.05, 4.69) is 4.13 Å². The van der Waals surface area contributed by atoms with Crippen molar-refractivity contribution in [2.75, 3.05) is 12.0 Å². The van der Waals surface area contributed by atoms with E-state index in [1.54, 1.807) is 0 Å². The molecular weight excluding hydrogens is 247 g/mol. The molecule has 0 heterocycles. The molecule has 8 nitrogen and oxygen atoms in total. The molecule has 0 aliphatic heterocycles. The highest BCUT2D eigenvalue weighted by molar-refractivity contribution is 7.95.